The number of carbonyl (C=O) groups is 2. The van der Waals surface area contributed by atoms with Crippen LogP contribution in [-0.2, 0) is 17.8 Å². The summed E-state index contributed by atoms with van der Waals surface area (Å²) in [5.74, 6) is -0.0594. The van der Waals surface area contributed by atoms with Crippen molar-refractivity contribution in [3.05, 3.63) is 105 Å². The molecule has 2 N–H and O–H groups in total. The van der Waals surface area contributed by atoms with Crippen LogP contribution in [0.15, 0.2) is 71.5 Å². The second-order valence-electron chi connectivity index (χ2n) is 11.6. The summed E-state index contributed by atoms with van der Waals surface area (Å²) in [6.07, 6.45) is 0.650. The second kappa shape index (κ2) is 13.4. The van der Waals surface area contributed by atoms with E-state index in [1.165, 1.54) is 39.5 Å². The molecule has 1 aromatic heterocycles. The zero-order valence-electron chi connectivity index (χ0n) is 26.1. The quantitative estimate of drug-likeness (QED) is 0.236. The number of amides is 2. The molecule has 0 spiro atoms. The topological polar surface area (TPSA) is 111 Å². The van der Waals surface area contributed by atoms with E-state index in [2.05, 4.69) is 15.5 Å². The molecule has 2 bridgehead atoms. The average molecular weight is 661 g/mol. The Morgan fingerprint density at radius 2 is 1.66 bits per heavy atom. The van der Waals surface area contributed by atoms with Crippen molar-refractivity contribution in [3.63, 3.8) is 0 Å². The first-order chi connectivity index (χ1) is 22.7. The smallest absolute Gasteiger partial charge is 0.255 e. The third kappa shape index (κ3) is 6.48. The first-order valence-electron chi connectivity index (χ1n) is 15.1. The van der Waals surface area contributed by atoms with Gasteiger partial charge in [-0.05, 0) is 48.7 Å². The Hall–Kier alpha value is -5.03. The molecule has 12 heteroatoms. The molecule has 2 amide bonds. The Bertz CT molecular complexity index is 1870. The minimum Gasteiger partial charge on any atom is -0.493 e. The van der Waals surface area contributed by atoms with Crippen molar-refractivity contribution in [1.29, 1.82) is 0 Å². The SMILES string of the molecule is COc1cc(NC(=O)c2ccc(N3C[C@H]4C[C@@H](C3)c3cccc(=O)n3C4)c(NC(=O)Cc3c(F)cccc3Cl)c2)cc(OC)c1OC. The van der Waals surface area contributed by atoms with Crippen LogP contribution in [0.5, 0.6) is 17.2 Å². The van der Waals surface area contributed by atoms with Gasteiger partial charge < -0.3 is 34.3 Å². The molecule has 1 fully saturated rings. The third-order valence-electron chi connectivity index (χ3n) is 8.67. The number of pyridine rings is 1. The second-order valence-corrected chi connectivity index (χ2v) is 12.0. The molecule has 0 radical (unpaired) electrons. The Kier molecular flexibility index (Phi) is 9.08. The summed E-state index contributed by atoms with van der Waals surface area (Å²) >= 11 is 6.21. The maximum Gasteiger partial charge on any atom is 0.255 e. The molecule has 3 heterocycles. The van der Waals surface area contributed by atoms with Gasteiger partial charge >= 0.3 is 0 Å². The summed E-state index contributed by atoms with van der Waals surface area (Å²) in [4.78, 5) is 41.6. The van der Waals surface area contributed by atoms with Gasteiger partial charge in [0.05, 0.1) is 39.1 Å². The number of carbonyl (C=O) groups excluding carboxylic acids is 2. The molecule has 6 rings (SSSR count). The molecule has 4 aromatic rings. The standard InChI is InChI=1S/C35H34ClFN4O6/c1-45-30-14-23(15-31(46-2)34(30)47-3)38-35(44)21-10-11-29(27(13-21)39-32(42)16-24-25(36)6-4-7-26(24)37)40-17-20-12-22(19-40)28-8-5-9-33(43)41(28)18-20/h4-11,13-15,20,22H,12,16-19H2,1-3H3,(H,38,44)(H,39,42)/t20-,22+/m1/s1. The van der Waals surface area contributed by atoms with E-state index in [4.69, 9.17) is 25.8 Å². The molecule has 2 aliphatic rings. The third-order valence-corrected chi connectivity index (χ3v) is 9.03. The van der Waals surface area contributed by atoms with Crippen molar-refractivity contribution in [1.82, 2.24) is 4.57 Å². The van der Waals surface area contributed by atoms with Gasteiger partial charge in [0.15, 0.2) is 11.5 Å². The lowest BCUT2D eigenvalue weighted by atomic mass is 9.83. The maximum atomic E-state index is 14.6. The number of hydrogen-bond acceptors (Lipinski definition) is 7. The van der Waals surface area contributed by atoms with E-state index >= 15 is 0 Å². The minimum atomic E-state index is -0.580. The molecule has 10 nitrogen and oxygen atoms in total. The fraction of sp³-hybridized carbons (Fsp3) is 0.286. The van der Waals surface area contributed by atoms with Crippen molar-refractivity contribution in [2.45, 2.75) is 25.3 Å². The van der Waals surface area contributed by atoms with Crippen LogP contribution in [-0.4, -0.2) is 50.8 Å². The highest BCUT2D eigenvalue weighted by molar-refractivity contribution is 6.31. The summed E-state index contributed by atoms with van der Waals surface area (Å²) in [6.45, 7) is 1.86. The van der Waals surface area contributed by atoms with Crippen LogP contribution >= 0.6 is 11.6 Å². The van der Waals surface area contributed by atoms with E-state index < -0.39 is 17.6 Å². The first kappa shape index (κ1) is 31.9. The van der Waals surface area contributed by atoms with Gasteiger partial charge in [0.1, 0.15) is 5.82 Å². The van der Waals surface area contributed by atoms with E-state index in [1.807, 2.05) is 10.6 Å². The molecule has 0 unspecified atom stereocenters. The molecular weight excluding hydrogens is 627 g/mol. The molecule has 2 aliphatic heterocycles. The van der Waals surface area contributed by atoms with Gasteiger partial charge in [-0.1, -0.05) is 23.7 Å². The number of halogens is 2. The van der Waals surface area contributed by atoms with Crippen LogP contribution in [0.1, 0.15) is 34.0 Å². The van der Waals surface area contributed by atoms with Gasteiger partial charge in [-0.15, -0.1) is 0 Å². The predicted octanol–water partition coefficient (Wildman–Crippen LogP) is 5.72. The van der Waals surface area contributed by atoms with E-state index in [1.54, 1.807) is 42.5 Å². The largest absolute Gasteiger partial charge is 0.493 e. The van der Waals surface area contributed by atoms with Crippen LogP contribution < -0.4 is 35.3 Å². The first-order valence-corrected chi connectivity index (χ1v) is 15.5. The van der Waals surface area contributed by atoms with Gasteiger partial charge in [0.25, 0.3) is 11.5 Å². The lowest BCUT2D eigenvalue weighted by Gasteiger charge is -2.44. The number of hydrogen-bond donors (Lipinski definition) is 2. The molecule has 0 aliphatic carbocycles. The predicted molar refractivity (Wildman–Crippen MR) is 178 cm³/mol. The van der Waals surface area contributed by atoms with Gasteiger partial charge in [0.2, 0.25) is 11.7 Å². The highest BCUT2D eigenvalue weighted by Crippen LogP contribution is 2.41. The summed E-state index contributed by atoms with van der Waals surface area (Å²) in [5.41, 5.74) is 2.85. The highest BCUT2D eigenvalue weighted by Gasteiger charge is 2.35. The summed E-state index contributed by atoms with van der Waals surface area (Å²) < 4.78 is 32.6. The van der Waals surface area contributed by atoms with Crippen LogP contribution in [0.25, 0.3) is 0 Å². The number of methoxy groups -OCH3 is 3. The Morgan fingerprint density at radius 1 is 0.915 bits per heavy atom. The number of anilines is 3. The van der Waals surface area contributed by atoms with E-state index in [0.717, 1.165) is 12.1 Å². The molecule has 47 heavy (non-hydrogen) atoms. The number of piperidine rings is 1. The Morgan fingerprint density at radius 3 is 2.36 bits per heavy atom. The molecular formula is C35H34ClFN4O6. The Labute approximate surface area is 276 Å². The van der Waals surface area contributed by atoms with Crippen molar-refractivity contribution >= 4 is 40.5 Å². The van der Waals surface area contributed by atoms with Gasteiger partial charge in [-0.25, -0.2) is 4.39 Å². The fourth-order valence-electron chi connectivity index (χ4n) is 6.56. The van der Waals surface area contributed by atoms with Crippen molar-refractivity contribution in [2.75, 3.05) is 50.0 Å². The normalized spacial score (nSPS) is 16.6. The number of ether oxygens (including phenoxy) is 3. The van der Waals surface area contributed by atoms with Crippen LogP contribution in [0.2, 0.25) is 5.02 Å². The van der Waals surface area contributed by atoms with Crippen molar-refractivity contribution in [2.24, 2.45) is 5.92 Å². The summed E-state index contributed by atoms with van der Waals surface area (Å²) in [7, 11) is 4.46. The van der Waals surface area contributed by atoms with Gasteiger partial charge in [-0.3, -0.25) is 14.4 Å². The number of aromatic nitrogens is 1. The number of benzene rings is 3. The number of nitrogens with one attached hydrogen (secondary N) is 2. The van der Waals surface area contributed by atoms with Crippen molar-refractivity contribution in [3.8, 4) is 17.2 Å². The van der Waals surface area contributed by atoms with E-state index in [9.17, 15) is 18.8 Å². The summed E-state index contributed by atoms with van der Waals surface area (Å²) in [5, 5.41) is 5.93. The molecule has 244 valence electrons. The Balaban J connectivity index is 1.32. The number of rotatable bonds is 9. The van der Waals surface area contributed by atoms with E-state index in [0.29, 0.717) is 53.9 Å². The monoisotopic (exact) mass is 660 g/mol. The maximum absolute atomic E-state index is 14.6. The van der Waals surface area contributed by atoms with Crippen LogP contribution in [0, 0.1) is 11.7 Å². The minimum absolute atomic E-state index is 0.00660. The lowest BCUT2D eigenvalue weighted by molar-refractivity contribution is -0.115. The molecule has 2 atom stereocenters. The van der Waals surface area contributed by atoms with Gasteiger partial charge in [0, 0.05) is 71.3 Å². The number of nitrogens with zero attached hydrogens (tertiary/aromatic N) is 2. The number of fused-ring (bicyclic) bond motifs is 4. The van der Waals surface area contributed by atoms with E-state index in [-0.39, 0.29) is 40.0 Å². The highest BCUT2D eigenvalue weighted by atomic mass is 35.5. The zero-order chi connectivity index (χ0) is 33.2. The van der Waals surface area contributed by atoms with Crippen LogP contribution in [0.3, 0.4) is 0 Å². The fourth-order valence-corrected chi connectivity index (χ4v) is 6.79. The molecule has 0 saturated carbocycles. The zero-order valence-corrected chi connectivity index (χ0v) is 26.9. The van der Waals surface area contributed by atoms with Crippen molar-refractivity contribution < 1.29 is 28.2 Å². The summed E-state index contributed by atoms with van der Waals surface area (Å²) in [6, 6.07) is 17.9. The average Bonchev–Trinajstić information content (AvgIpc) is 3.06. The molecule has 3 aromatic carbocycles. The van der Waals surface area contributed by atoms with Crippen LogP contribution in [0.4, 0.5) is 21.5 Å². The lowest BCUT2D eigenvalue weighted by Crippen LogP contribution is -2.47. The van der Waals surface area contributed by atoms with Gasteiger partial charge in [-0.2, -0.15) is 0 Å². The molecule has 1 saturated heterocycles.